The summed E-state index contributed by atoms with van der Waals surface area (Å²) in [5.41, 5.74) is 2.74. The molecule has 6 heteroatoms. The van der Waals surface area contributed by atoms with E-state index in [2.05, 4.69) is 0 Å². The van der Waals surface area contributed by atoms with E-state index < -0.39 is 6.04 Å². The number of hydrogen-bond donors (Lipinski definition) is 0. The van der Waals surface area contributed by atoms with Gasteiger partial charge < -0.3 is 4.74 Å². The monoisotopic (exact) mass is 368 g/mol. The van der Waals surface area contributed by atoms with E-state index in [0.717, 1.165) is 16.9 Å². The smallest absolute Gasteiger partial charge is 0.333 e. The molecule has 5 nitrogen and oxygen atoms in total. The minimum absolute atomic E-state index is 0.139. The Labute approximate surface area is 156 Å². The third-order valence-electron chi connectivity index (χ3n) is 4.69. The topological polar surface area (TPSA) is 49.9 Å². The lowest BCUT2D eigenvalue weighted by atomic mass is 10.2. The van der Waals surface area contributed by atoms with Crippen LogP contribution >= 0.6 is 11.8 Å². The molecular formula is C20H20N2O3S. The number of carbonyl (C=O) groups excluding carboxylic acids is 2. The van der Waals surface area contributed by atoms with Gasteiger partial charge in [-0.15, -0.1) is 11.8 Å². The van der Waals surface area contributed by atoms with E-state index in [1.165, 1.54) is 4.90 Å². The second-order valence-corrected chi connectivity index (χ2v) is 7.52. The second-order valence-electron chi connectivity index (χ2n) is 6.40. The van der Waals surface area contributed by atoms with Crippen LogP contribution in [-0.2, 0) is 4.79 Å². The van der Waals surface area contributed by atoms with E-state index in [4.69, 9.17) is 4.74 Å². The number of hydrogen-bond acceptors (Lipinski definition) is 4. The van der Waals surface area contributed by atoms with Gasteiger partial charge in [0.15, 0.2) is 0 Å². The van der Waals surface area contributed by atoms with Crippen LogP contribution in [0.25, 0.3) is 0 Å². The van der Waals surface area contributed by atoms with Crippen molar-refractivity contribution in [2.24, 2.45) is 0 Å². The first kappa shape index (κ1) is 17.0. The molecule has 4 rings (SSSR count). The Morgan fingerprint density at radius 2 is 1.77 bits per heavy atom. The number of imide groups is 1. The summed E-state index contributed by atoms with van der Waals surface area (Å²) in [5.74, 6) is 1.28. The SMILES string of the molecule is CCOc1ccc([C@@H]2SC[C@H]3C(=O)N(c4ccc(C)cc4)C(=O)N32)cc1. The standard InChI is InChI=1S/C20H20N2O3S/c1-3-25-16-10-6-14(7-11-16)19-22-17(12-26-19)18(23)21(20(22)24)15-8-4-13(2)5-9-15/h4-11,17,19H,3,12H2,1-2H3/t17-,19-/m0/s1. The first-order valence-electron chi connectivity index (χ1n) is 8.67. The summed E-state index contributed by atoms with van der Waals surface area (Å²) in [4.78, 5) is 28.9. The first-order valence-corrected chi connectivity index (χ1v) is 9.72. The van der Waals surface area contributed by atoms with Gasteiger partial charge in [0.1, 0.15) is 17.2 Å². The Kier molecular flexibility index (Phi) is 4.36. The summed E-state index contributed by atoms with van der Waals surface area (Å²) in [6, 6.07) is 14.6. The van der Waals surface area contributed by atoms with Crippen LogP contribution in [0, 0.1) is 6.92 Å². The van der Waals surface area contributed by atoms with Gasteiger partial charge in [-0.2, -0.15) is 0 Å². The van der Waals surface area contributed by atoms with Gasteiger partial charge in [0.05, 0.1) is 12.3 Å². The van der Waals surface area contributed by atoms with Gasteiger partial charge in [0.2, 0.25) is 0 Å². The predicted molar refractivity (Wildman–Crippen MR) is 102 cm³/mol. The van der Waals surface area contributed by atoms with Gasteiger partial charge in [-0.25, -0.2) is 9.69 Å². The largest absolute Gasteiger partial charge is 0.494 e. The van der Waals surface area contributed by atoms with E-state index in [1.54, 1.807) is 16.7 Å². The van der Waals surface area contributed by atoms with Gasteiger partial charge in [0, 0.05) is 5.75 Å². The highest BCUT2D eigenvalue weighted by Gasteiger charge is 2.53. The molecule has 0 spiro atoms. The van der Waals surface area contributed by atoms with Crippen LogP contribution in [0.15, 0.2) is 48.5 Å². The number of benzene rings is 2. The van der Waals surface area contributed by atoms with Crippen molar-refractivity contribution < 1.29 is 14.3 Å². The van der Waals surface area contributed by atoms with Gasteiger partial charge in [-0.3, -0.25) is 9.69 Å². The molecular weight excluding hydrogens is 348 g/mol. The zero-order chi connectivity index (χ0) is 18.3. The average molecular weight is 368 g/mol. The fourth-order valence-electron chi connectivity index (χ4n) is 3.37. The summed E-state index contributed by atoms with van der Waals surface area (Å²) in [7, 11) is 0. The summed E-state index contributed by atoms with van der Waals surface area (Å²) in [5, 5.41) is -0.150. The molecule has 2 aliphatic heterocycles. The van der Waals surface area contributed by atoms with Crippen molar-refractivity contribution in [1.29, 1.82) is 0 Å². The predicted octanol–water partition coefficient (Wildman–Crippen LogP) is 3.98. The van der Waals surface area contributed by atoms with Crippen LogP contribution in [-0.4, -0.2) is 35.2 Å². The Bertz CT molecular complexity index is 835. The van der Waals surface area contributed by atoms with E-state index >= 15 is 0 Å². The highest BCUT2D eigenvalue weighted by Crippen LogP contribution is 2.46. The number of fused-ring (bicyclic) bond motifs is 1. The van der Waals surface area contributed by atoms with Crippen LogP contribution < -0.4 is 9.64 Å². The van der Waals surface area contributed by atoms with Crippen molar-refractivity contribution in [3.63, 3.8) is 0 Å². The minimum atomic E-state index is -0.398. The summed E-state index contributed by atoms with van der Waals surface area (Å²) in [6.07, 6.45) is 0. The molecule has 0 N–H and O–H groups in total. The Hall–Kier alpha value is -2.47. The fourth-order valence-corrected chi connectivity index (χ4v) is 4.79. The quantitative estimate of drug-likeness (QED) is 0.766. The van der Waals surface area contributed by atoms with Crippen molar-refractivity contribution in [2.45, 2.75) is 25.3 Å². The van der Waals surface area contributed by atoms with Gasteiger partial charge in [0.25, 0.3) is 5.91 Å². The maximum absolute atomic E-state index is 13.0. The number of thioether (sulfide) groups is 1. The summed E-state index contributed by atoms with van der Waals surface area (Å²) >= 11 is 1.63. The zero-order valence-electron chi connectivity index (χ0n) is 14.7. The number of urea groups is 1. The number of amides is 3. The Balaban J connectivity index is 1.61. The fraction of sp³-hybridized carbons (Fsp3) is 0.300. The molecule has 0 radical (unpaired) electrons. The molecule has 2 atom stereocenters. The molecule has 2 aliphatic rings. The lowest BCUT2D eigenvalue weighted by Gasteiger charge is -2.23. The molecule has 2 fully saturated rings. The van der Waals surface area contributed by atoms with E-state index in [-0.39, 0.29) is 17.3 Å². The van der Waals surface area contributed by atoms with E-state index in [0.29, 0.717) is 18.0 Å². The number of ether oxygens (including phenoxy) is 1. The molecule has 2 aromatic rings. The second kappa shape index (κ2) is 6.68. The normalized spacial score (nSPS) is 22.1. The van der Waals surface area contributed by atoms with Crippen LogP contribution in [0.2, 0.25) is 0 Å². The van der Waals surface area contributed by atoms with Crippen LogP contribution in [0.4, 0.5) is 10.5 Å². The van der Waals surface area contributed by atoms with E-state index in [9.17, 15) is 9.59 Å². The molecule has 2 aromatic carbocycles. The number of carbonyl (C=O) groups is 2. The van der Waals surface area contributed by atoms with Crippen molar-refractivity contribution in [3.05, 3.63) is 59.7 Å². The number of rotatable bonds is 4. The summed E-state index contributed by atoms with van der Waals surface area (Å²) < 4.78 is 5.48. The third-order valence-corrected chi connectivity index (χ3v) is 6.01. The number of nitrogens with zero attached hydrogens (tertiary/aromatic N) is 2. The summed E-state index contributed by atoms with van der Waals surface area (Å²) in [6.45, 7) is 4.54. The Morgan fingerprint density at radius 3 is 2.42 bits per heavy atom. The van der Waals surface area contributed by atoms with Gasteiger partial charge >= 0.3 is 6.03 Å². The van der Waals surface area contributed by atoms with E-state index in [1.807, 2.05) is 62.4 Å². The van der Waals surface area contributed by atoms with Gasteiger partial charge in [-0.1, -0.05) is 29.8 Å². The van der Waals surface area contributed by atoms with Crippen molar-refractivity contribution >= 4 is 29.4 Å². The van der Waals surface area contributed by atoms with Gasteiger partial charge in [-0.05, 0) is 43.7 Å². The zero-order valence-corrected chi connectivity index (χ0v) is 15.5. The maximum Gasteiger partial charge on any atom is 0.333 e. The van der Waals surface area contributed by atoms with Crippen LogP contribution in [0.5, 0.6) is 5.75 Å². The molecule has 0 bridgehead atoms. The molecule has 2 heterocycles. The third kappa shape index (κ3) is 2.74. The highest BCUT2D eigenvalue weighted by atomic mass is 32.2. The number of aryl methyl sites for hydroxylation is 1. The van der Waals surface area contributed by atoms with Crippen LogP contribution in [0.3, 0.4) is 0 Å². The molecule has 0 unspecified atom stereocenters. The molecule has 2 saturated heterocycles. The highest BCUT2D eigenvalue weighted by molar-refractivity contribution is 7.99. The van der Waals surface area contributed by atoms with Crippen molar-refractivity contribution in [1.82, 2.24) is 4.90 Å². The van der Waals surface area contributed by atoms with Crippen molar-refractivity contribution in [2.75, 3.05) is 17.3 Å². The molecule has 0 aliphatic carbocycles. The van der Waals surface area contributed by atoms with Crippen molar-refractivity contribution in [3.8, 4) is 5.75 Å². The number of anilines is 1. The molecule has 0 saturated carbocycles. The first-order chi connectivity index (χ1) is 12.6. The average Bonchev–Trinajstić information content (AvgIpc) is 3.18. The molecule has 3 amide bonds. The molecule has 0 aromatic heterocycles. The molecule has 134 valence electrons. The molecule has 26 heavy (non-hydrogen) atoms. The lowest BCUT2D eigenvalue weighted by molar-refractivity contribution is -0.119. The Morgan fingerprint density at radius 1 is 1.08 bits per heavy atom. The minimum Gasteiger partial charge on any atom is -0.494 e. The van der Waals surface area contributed by atoms with Crippen LogP contribution in [0.1, 0.15) is 23.4 Å². The maximum atomic E-state index is 13.0. The lowest BCUT2D eigenvalue weighted by Crippen LogP contribution is -2.33.